The van der Waals surface area contributed by atoms with Crippen LogP contribution in [0.4, 0.5) is 5.13 Å². The van der Waals surface area contributed by atoms with Gasteiger partial charge in [-0.05, 0) is 0 Å². The molecular formula is C6H7N3O2S. The van der Waals surface area contributed by atoms with Crippen molar-refractivity contribution in [2.45, 2.75) is 0 Å². The minimum atomic E-state index is -0.0623. The van der Waals surface area contributed by atoms with E-state index >= 15 is 0 Å². The van der Waals surface area contributed by atoms with E-state index < -0.39 is 0 Å². The van der Waals surface area contributed by atoms with E-state index in [1.807, 2.05) is 0 Å². The number of aldehydes is 1. The Labute approximate surface area is 72.7 Å². The normalized spacial score (nSPS) is 11.2. The molecule has 0 unspecified atom stereocenters. The van der Waals surface area contributed by atoms with Gasteiger partial charge in [-0.1, -0.05) is 5.16 Å². The average Bonchev–Trinajstić information content (AvgIpc) is 2.55. The summed E-state index contributed by atoms with van der Waals surface area (Å²) in [6, 6.07) is 0. The lowest BCUT2D eigenvalue weighted by atomic mass is 10.3. The van der Waals surface area contributed by atoms with Crippen LogP contribution in [-0.2, 0) is 4.79 Å². The van der Waals surface area contributed by atoms with Gasteiger partial charge >= 0.3 is 0 Å². The summed E-state index contributed by atoms with van der Waals surface area (Å²) >= 11 is 1.34. The predicted octanol–water partition coefficient (Wildman–Crippen LogP) is 0.562. The van der Waals surface area contributed by atoms with Gasteiger partial charge in [0.15, 0.2) is 17.1 Å². The molecule has 1 aromatic heterocycles. The highest BCUT2D eigenvalue weighted by atomic mass is 32.1. The van der Waals surface area contributed by atoms with Crippen LogP contribution in [0.2, 0.25) is 0 Å². The van der Waals surface area contributed by atoms with Gasteiger partial charge in [0, 0.05) is 12.4 Å². The minimum Gasteiger partial charge on any atom is -0.410 e. The maximum Gasteiger partial charge on any atom is 0.183 e. The average molecular weight is 185 g/mol. The second-order valence-electron chi connectivity index (χ2n) is 1.89. The fourth-order valence-electron chi connectivity index (χ4n) is 0.641. The Morgan fingerprint density at radius 3 is 3.08 bits per heavy atom. The molecule has 1 aromatic rings. The lowest BCUT2D eigenvalue weighted by Crippen LogP contribution is -2.02. The smallest absolute Gasteiger partial charge is 0.183 e. The largest absolute Gasteiger partial charge is 0.410 e. The number of aromatic nitrogens is 1. The molecule has 64 valence electrons. The zero-order chi connectivity index (χ0) is 8.97. The van der Waals surface area contributed by atoms with Gasteiger partial charge in [0.05, 0.1) is 0 Å². The lowest BCUT2D eigenvalue weighted by molar-refractivity contribution is -0.102. The first-order chi connectivity index (χ1) is 5.81. The Balaban J connectivity index is 2.95. The van der Waals surface area contributed by atoms with Crippen molar-refractivity contribution in [3.63, 3.8) is 0 Å². The van der Waals surface area contributed by atoms with E-state index in [2.05, 4.69) is 15.5 Å². The van der Waals surface area contributed by atoms with E-state index in [4.69, 9.17) is 5.21 Å². The molecule has 0 aliphatic carbocycles. The molecule has 5 nitrogen and oxygen atoms in total. The molecule has 1 rings (SSSR count). The third-order valence-corrected chi connectivity index (χ3v) is 2.06. The number of rotatable bonds is 3. The number of hydrogen-bond acceptors (Lipinski definition) is 6. The molecule has 6 heteroatoms. The highest BCUT2D eigenvalue weighted by Crippen LogP contribution is 2.14. The maximum atomic E-state index is 10.3. The minimum absolute atomic E-state index is 0.0623. The lowest BCUT2D eigenvalue weighted by Gasteiger charge is -1.89. The predicted molar refractivity (Wildman–Crippen MR) is 46.0 cm³/mol. The molecule has 0 aliphatic heterocycles. The van der Waals surface area contributed by atoms with Crippen molar-refractivity contribution in [3.05, 3.63) is 11.1 Å². The zero-order valence-corrected chi connectivity index (χ0v) is 7.13. The Morgan fingerprint density at radius 1 is 1.92 bits per heavy atom. The van der Waals surface area contributed by atoms with Crippen LogP contribution in [0.5, 0.6) is 0 Å². The Morgan fingerprint density at radius 2 is 2.67 bits per heavy atom. The van der Waals surface area contributed by atoms with Crippen LogP contribution in [0, 0.1) is 0 Å². The summed E-state index contributed by atoms with van der Waals surface area (Å²) in [5.41, 5.74) is 0.314. The van der Waals surface area contributed by atoms with Gasteiger partial charge in [-0.2, -0.15) is 0 Å². The summed E-state index contributed by atoms with van der Waals surface area (Å²) in [4.78, 5) is 14.2. The van der Waals surface area contributed by atoms with Gasteiger partial charge in [-0.25, -0.2) is 4.98 Å². The van der Waals surface area contributed by atoms with Gasteiger partial charge in [0.1, 0.15) is 5.69 Å². The molecule has 0 atom stereocenters. The molecule has 1 heterocycles. The van der Waals surface area contributed by atoms with Gasteiger partial charge in [0.25, 0.3) is 0 Å². The Bertz CT molecular complexity index is 307. The van der Waals surface area contributed by atoms with E-state index in [0.29, 0.717) is 17.1 Å². The molecule has 0 radical (unpaired) electrons. The summed E-state index contributed by atoms with van der Waals surface area (Å²) in [6.07, 6.45) is 0.453. The van der Waals surface area contributed by atoms with Crippen LogP contribution in [0.3, 0.4) is 0 Å². The first kappa shape index (κ1) is 8.66. The molecule has 0 saturated carbocycles. The topological polar surface area (TPSA) is 74.6 Å². The van der Waals surface area contributed by atoms with Crippen molar-refractivity contribution in [2.24, 2.45) is 5.16 Å². The zero-order valence-electron chi connectivity index (χ0n) is 6.31. The Kier molecular flexibility index (Phi) is 2.76. The summed E-state index contributed by atoms with van der Waals surface area (Å²) < 4.78 is 0. The van der Waals surface area contributed by atoms with E-state index in [0.717, 1.165) is 0 Å². The quantitative estimate of drug-likeness (QED) is 0.312. The highest BCUT2D eigenvalue weighted by molar-refractivity contribution is 7.14. The van der Waals surface area contributed by atoms with Gasteiger partial charge in [-0.15, -0.1) is 11.3 Å². The van der Waals surface area contributed by atoms with Gasteiger partial charge in [-0.3, -0.25) is 4.79 Å². The summed E-state index contributed by atoms with van der Waals surface area (Å²) in [5.74, 6) is 0. The first-order valence-corrected chi connectivity index (χ1v) is 4.00. The summed E-state index contributed by atoms with van der Waals surface area (Å²) in [5, 5.41) is 16.3. The summed E-state index contributed by atoms with van der Waals surface area (Å²) in [6.45, 7) is 0. The number of nitrogens with one attached hydrogen (secondary N) is 1. The first-order valence-electron chi connectivity index (χ1n) is 3.12. The molecule has 0 aliphatic rings. The van der Waals surface area contributed by atoms with Crippen LogP contribution >= 0.6 is 11.3 Å². The number of carbonyl (C=O) groups is 1. The summed E-state index contributed by atoms with van der Waals surface area (Å²) in [7, 11) is 1.72. The van der Waals surface area contributed by atoms with E-state index in [1.54, 1.807) is 12.4 Å². The third kappa shape index (κ3) is 1.59. The molecule has 12 heavy (non-hydrogen) atoms. The third-order valence-electron chi connectivity index (χ3n) is 1.20. The van der Waals surface area contributed by atoms with Crippen LogP contribution in [0.1, 0.15) is 5.69 Å². The van der Waals surface area contributed by atoms with Gasteiger partial charge < -0.3 is 10.5 Å². The number of anilines is 1. The van der Waals surface area contributed by atoms with Gasteiger partial charge in [0.2, 0.25) is 0 Å². The second-order valence-corrected chi connectivity index (χ2v) is 2.75. The van der Waals surface area contributed by atoms with Crippen LogP contribution < -0.4 is 5.32 Å². The molecule has 0 aromatic carbocycles. The standard InChI is InChI=1S/C6H7N3O2S/c1-7-6-8-5(3-12-6)4(2-10)9-11/h2-3,11H,1H3,(H,7,8)/b9-4+. The van der Waals surface area contributed by atoms with Crippen LogP contribution in [0.25, 0.3) is 0 Å². The number of nitrogens with zero attached hydrogens (tertiary/aromatic N) is 2. The van der Waals surface area contributed by atoms with E-state index in [-0.39, 0.29) is 5.71 Å². The number of hydrogen-bond donors (Lipinski definition) is 2. The van der Waals surface area contributed by atoms with Crippen molar-refractivity contribution >= 4 is 28.5 Å². The van der Waals surface area contributed by atoms with Crippen LogP contribution in [-0.4, -0.2) is 29.2 Å². The number of oxime groups is 1. The molecule has 0 fully saturated rings. The van der Waals surface area contributed by atoms with Crippen molar-refractivity contribution in [1.82, 2.24) is 4.98 Å². The molecule has 0 bridgehead atoms. The fourth-order valence-corrected chi connectivity index (χ4v) is 1.31. The van der Waals surface area contributed by atoms with Crippen molar-refractivity contribution in [3.8, 4) is 0 Å². The van der Waals surface area contributed by atoms with Crippen molar-refractivity contribution < 1.29 is 10.0 Å². The molecule has 2 N–H and O–H groups in total. The molecule has 0 spiro atoms. The van der Waals surface area contributed by atoms with E-state index in [1.165, 1.54) is 11.3 Å². The Hall–Kier alpha value is -1.43. The van der Waals surface area contributed by atoms with E-state index in [9.17, 15) is 4.79 Å². The van der Waals surface area contributed by atoms with Crippen molar-refractivity contribution in [1.29, 1.82) is 0 Å². The highest BCUT2D eigenvalue weighted by Gasteiger charge is 2.06. The monoisotopic (exact) mass is 185 g/mol. The van der Waals surface area contributed by atoms with Crippen LogP contribution in [0.15, 0.2) is 10.5 Å². The van der Waals surface area contributed by atoms with Crippen molar-refractivity contribution in [2.75, 3.05) is 12.4 Å². The maximum absolute atomic E-state index is 10.3. The molecule has 0 saturated heterocycles. The second kappa shape index (κ2) is 3.82. The molecule has 0 amide bonds. The SMILES string of the molecule is CNc1nc(/C(C=O)=N/O)cs1. The number of carbonyl (C=O) groups excluding carboxylic acids is 1. The molecular weight excluding hydrogens is 178 g/mol. The number of thiazole rings is 1. The fraction of sp³-hybridized carbons (Fsp3) is 0.167.